The molecule has 2 aliphatic heterocycles. The number of amides is 1. The van der Waals surface area contributed by atoms with Crippen LogP contribution in [-0.4, -0.2) is 37.7 Å². The van der Waals surface area contributed by atoms with Gasteiger partial charge in [0.25, 0.3) is 0 Å². The van der Waals surface area contributed by atoms with E-state index in [1.54, 1.807) is 0 Å². The van der Waals surface area contributed by atoms with E-state index in [2.05, 4.69) is 10.6 Å². The molecule has 1 spiro atoms. The van der Waals surface area contributed by atoms with Gasteiger partial charge in [0.15, 0.2) is 0 Å². The summed E-state index contributed by atoms with van der Waals surface area (Å²) in [6.07, 6.45) is 4.15. The summed E-state index contributed by atoms with van der Waals surface area (Å²) in [6.45, 7) is 6.90. The molecule has 2 saturated heterocycles. The van der Waals surface area contributed by atoms with Crippen molar-refractivity contribution in [3.8, 4) is 0 Å². The van der Waals surface area contributed by atoms with Crippen molar-refractivity contribution < 1.29 is 9.53 Å². The summed E-state index contributed by atoms with van der Waals surface area (Å²) in [6, 6.07) is 0.195. The lowest BCUT2D eigenvalue weighted by Gasteiger charge is -2.42. The Bertz CT molecular complexity index is 263. The number of piperidine rings is 1. The Hall–Kier alpha value is -0.610. The van der Waals surface area contributed by atoms with Crippen LogP contribution in [0.4, 0.5) is 0 Å². The third kappa shape index (κ3) is 3.19. The molecule has 0 aromatic rings. The molecule has 2 heterocycles. The fraction of sp³-hybridized carbons (Fsp3) is 0.923. The fourth-order valence-corrected chi connectivity index (χ4v) is 2.81. The summed E-state index contributed by atoms with van der Waals surface area (Å²) in [4.78, 5) is 11.8. The van der Waals surface area contributed by atoms with E-state index in [1.165, 1.54) is 12.8 Å². The standard InChI is InChI=1S/C13H24N2O2/c1-10(2)15-12(16)11-3-4-13(9-17-11)5-7-14-8-6-13/h10-11,14H,3-9H2,1-2H3,(H,15,16)/t11-/m1/s1. The van der Waals surface area contributed by atoms with Crippen molar-refractivity contribution in [3.63, 3.8) is 0 Å². The van der Waals surface area contributed by atoms with Crippen molar-refractivity contribution in [1.82, 2.24) is 10.6 Å². The van der Waals surface area contributed by atoms with Gasteiger partial charge in [-0.05, 0) is 58.0 Å². The van der Waals surface area contributed by atoms with Gasteiger partial charge < -0.3 is 15.4 Å². The molecule has 0 saturated carbocycles. The molecular weight excluding hydrogens is 216 g/mol. The minimum Gasteiger partial charge on any atom is -0.368 e. The Morgan fingerprint density at radius 3 is 2.59 bits per heavy atom. The van der Waals surface area contributed by atoms with Crippen molar-refractivity contribution >= 4 is 5.91 Å². The minimum absolute atomic E-state index is 0.0591. The zero-order chi connectivity index (χ0) is 12.3. The van der Waals surface area contributed by atoms with Gasteiger partial charge in [0.1, 0.15) is 6.10 Å². The van der Waals surface area contributed by atoms with Crippen molar-refractivity contribution in [2.75, 3.05) is 19.7 Å². The van der Waals surface area contributed by atoms with Crippen LogP contribution in [0.2, 0.25) is 0 Å². The quantitative estimate of drug-likeness (QED) is 0.759. The molecule has 0 aromatic carbocycles. The summed E-state index contributed by atoms with van der Waals surface area (Å²) in [5, 5.41) is 6.31. The number of carbonyl (C=O) groups is 1. The van der Waals surface area contributed by atoms with E-state index in [0.29, 0.717) is 5.41 Å². The highest BCUT2D eigenvalue weighted by Gasteiger charge is 2.38. The number of carbonyl (C=O) groups excluding carboxylic acids is 1. The highest BCUT2D eigenvalue weighted by Crippen LogP contribution is 2.38. The van der Waals surface area contributed by atoms with Crippen LogP contribution >= 0.6 is 0 Å². The molecule has 2 fully saturated rings. The molecule has 1 amide bonds. The minimum atomic E-state index is -0.224. The molecule has 1 atom stereocenters. The average molecular weight is 240 g/mol. The summed E-state index contributed by atoms with van der Waals surface area (Å²) in [5.41, 5.74) is 0.347. The monoisotopic (exact) mass is 240 g/mol. The van der Waals surface area contributed by atoms with Gasteiger partial charge in [-0.25, -0.2) is 0 Å². The SMILES string of the molecule is CC(C)NC(=O)[C@H]1CCC2(CCNCC2)CO1. The van der Waals surface area contributed by atoms with Crippen LogP contribution in [0.15, 0.2) is 0 Å². The molecule has 98 valence electrons. The highest BCUT2D eigenvalue weighted by atomic mass is 16.5. The third-order valence-corrected chi connectivity index (χ3v) is 3.92. The smallest absolute Gasteiger partial charge is 0.249 e. The Balaban J connectivity index is 1.82. The molecule has 17 heavy (non-hydrogen) atoms. The summed E-state index contributed by atoms with van der Waals surface area (Å²) >= 11 is 0. The number of ether oxygens (including phenoxy) is 1. The van der Waals surface area contributed by atoms with Gasteiger partial charge in [-0.2, -0.15) is 0 Å². The van der Waals surface area contributed by atoms with Gasteiger partial charge in [-0.1, -0.05) is 0 Å². The molecule has 0 aliphatic carbocycles. The number of nitrogens with one attached hydrogen (secondary N) is 2. The molecule has 2 aliphatic rings. The van der Waals surface area contributed by atoms with Crippen molar-refractivity contribution in [3.05, 3.63) is 0 Å². The topological polar surface area (TPSA) is 50.4 Å². The maximum absolute atomic E-state index is 11.8. The first-order valence-corrected chi connectivity index (χ1v) is 6.74. The zero-order valence-corrected chi connectivity index (χ0v) is 10.9. The third-order valence-electron chi connectivity index (χ3n) is 3.92. The van der Waals surface area contributed by atoms with Gasteiger partial charge in [0, 0.05) is 6.04 Å². The first-order chi connectivity index (χ1) is 8.11. The molecule has 4 heteroatoms. The zero-order valence-electron chi connectivity index (χ0n) is 10.9. The Labute approximate surface area is 103 Å². The fourth-order valence-electron chi connectivity index (χ4n) is 2.81. The molecule has 0 bridgehead atoms. The van der Waals surface area contributed by atoms with Gasteiger partial charge in [0.2, 0.25) is 5.91 Å². The molecule has 0 radical (unpaired) electrons. The molecule has 2 N–H and O–H groups in total. The van der Waals surface area contributed by atoms with Crippen LogP contribution < -0.4 is 10.6 Å². The second-order valence-electron chi connectivity index (χ2n) is 5.75. The van der Waals surface area contributed by atoms with Crippen LogP contribution in [0.25, 0.3) is 0 Å². The van der Waals surface area contributed by atoms with Crippen LogP contribution in [0.1, 0.15) is 39.5 Å². The Morgan fingerprint density at radius 1 is 1.35 bits per heavy atom. The van der Waals surface area contributed by atoms with Crippen molar-refractivity contribution in [1.29, 1.82) is 0 Å². The van der Waals surface area contributed by atoms with Crippen LogP contribution in [0.3, 0.4) is 0 Å². The van der Waals surface area contributed by atoms with E-state index in [9.17, 15) is 4.79 Å². The number of hydrogen-bond donors (Lipinski definition) is 2. The van der Waals surface area contributed by atoms with Crippen molar-refractivity contribution in [2.24, 2.45) is 5.41 Å². The largest absolute Gasteiger partial charge is 0.368 e. The van der Waals surface area contributed by atoms with E-state index in [4.69, 9.17) is 4.74 Å². The second kappa shape index (κ2) is 5.36. The van der Waals surface area contributed by atoms with Gasteiger partial charge in [0.05, 0.1) is 6.61 Å². The summed E-state index contributed by atoms with van der Waals surface area (Å²) in [5.74, 6) is 0.0591. The van der Waals surface area contributed by atoms with E-state index in [0.717, 1.165) is 32.5 Å². The average Bonchev–Trinajstić information content (AvgIpc) is 2.30. The maximum Gasteiger partial charge on any atom is 0.249 e. The molecule has 0 unspecified atom stereocenters. The lowest BCUT2D eigenvalue weighted by atomic mass is 9.74. The first-order valence-electron chi connectivity index (χ1n) is 6.74. The molecule has 2 rings (SSSR count). The second-order valence-corrected chi connectivity index (χ2v) is 5.75. The molecule has 4 nitrogen and oxygen atoms in total. The lowest BCUT2D eigenvalue weighted by Crippen LogP contribution is -2.48. The summed E-state index contributed by atoms with van der Waals surface area (Å²) in [7, 11) is 0. The maximum atomic E-state index is 11.8. The number of hydrogen-bond acceptors (Lipinski definition) is 3. The van der Waals surface area contributed by atoms with E-state index >= 15 is 0 Å². The Morgan fingerprint density at radius 2 is 2.06 bits per heavy atom. The molecule has 0 aromatic heterocycles. The van der Waals surface area contributed by atoms with Crippen LogP contribution in [-0.2, 0) is 9.53 Å². The van der Waals surface area contributed by atoms with E-state index in [-0.39, 0.29) is 18.1 Å². The van der Waals surface area contributed by atoms with E-state index < -0.39 is 0 Å². The van der Waals surface area contributed by atoms with Gasteiger partial charge in [-0.3, -0.25) is 4.79 Å². The predicted molar refractivity (Wildman–Crippen MR) is 66.8 cm³/mol. The number of rotatable bonds is 2. The van der Waals surface area contributed by atoms with Crippen LogP contribution in [0, 0.1) is 5.41 Å². The van der Waals surface area contributed by atoms with Crippen LogP contribution in [0.5, 0.6) is 0 Å². The van der Waals surface area contributed by atoms with Gasteiger partial charge >= 0.3 is 0 Å². The summed E-state index contributed by atoms with van der Waals surface area (Å²) < 4.78 is 5.79. The first kappa shape index (κ1) is 12.8. The van der Waals surface area contributed by atoms with E-state index in [1.807, 2.05) is 13.8 Å². The Kier molecular flexibility index (Phi) is 4.05. The predicted octanol–water partition coefficient (Wildman–Crippen LogP) is 1.06. The van der Waals surface area contributed by atoms with Crippen molar-refractivity contribution in [2.45, 2.75) is 51.7 Å². The normalized spacial score (nSPS) is 28.3. The highest BCUT2D eigenvalue weighted by molar-refractivity contribution is 5.81. The van der Waals surface area contributed by atoms with Gasteiger partial charge in [-0.15, -0.1) is 0 Å². The molecular formula is C13H24N2O2. The lowest BCUT2D eigenvalue weighted by molar-refractivity contribution is -0.144.